The first-order valence-electron chi connectivity index (χ1n) is 5.81. The molecule has 0 aliphatic carbocycles. The second-order valence-corrected chi connectivity index (χ2v) is 3.90. The van der Waals surface area contributed by atoms with E-state index in [4.69, 9.17) is 9.68 Å². The number of rotatable bonds is 4. The third kappa shape index (κ3) is 3.46. The van der Waals surface area contributed by atoms with E-state index in [2.05, 4.69) is 10.6 Å². The smallest absolute Gasteiger partial charge is 0.291 e. The van der Waals surface area contributed by atoms with E-state index in [-0.39, 0.29) is 18.1 Å². The highest BCUT2D eigenvalue weighted by molar-refractivity contribution is 6.02. The van der Waals surface area contributed by atoms with Crippen molar-refractivity contribution >= 4 is 23.2 Å². The lowest BCUT2D eigenvalue weighted by atomic mass is 10.2. The van der Waals surface area contributed by atoms with E-state index in [1.165, 1.54) is 6.26 Å². The number of nitrogens with zero attached hydrogens (tertiary/aromatic N) is 1. The van der Waals surface area contributed by atoms with Crippen LogP contribution in [0, 0.1) is 11.3 Å². The molecule has 0 unspecified atom stereocenters. The minimum absolute atomic E-state index is 0.198. The highest BCUT2D eigenvalue weighted by atomic mass is 16.3. The molecule has 1 aromatic carbocycles. The van der Waals surface area contributed by atoms with Gasteiger partial charge >= 0.3 is 0 Å². The molecule has 0 aliphatic heterocycles. The van der Waals surface area contributed by atoms with Gasteiger partial charge in [0.2, 0.25) is 5.91 Å². The van der Waals surface area contributed by atoms with Crippen LogP contribution in [0.4, 0.5) is 11.4 Å². The third-order valence-electron chi connectivity index (χ3n) is 2.39. The predicted octanol–water partition coefficient (Wildman–Crippen LogP) is 2.38. The molecule has 0 bridgehead atoms. The maximum atomic E-state index is 11.8. The van der Waals surface area contributed by atoms with Crippen LogP contribution in [0.2, 0.25) is 0 Å². The molecule has 0 saturated carbocycles. The van der Waals surface area contributed by atoms with Crippen LogP contribution in [0.3, 0.4) is 0 Å². The van der Waals surface area contributed by atoms with Gasteiger partial charge in [0.15, 0.2) is 5.76 Å². The van der Waals surface area contributed by atoms with Crippen molar-refractivity contribution in [3.8, 4) is 6.07 Å². The Kier molecular flexibility index (Phi) is 4.14. The first kappa shape index (κ1) is 13.4. The zero-order valence-electron chi connectivity index (χ0n) is 10.4. The standard InChI is InChI=1S/C14H11N3O3/c15-7-6-13(18)16-10-3-1-4-11(9-10)17-14(19)12-5-2-8-20-12/h1-5,8-9H,6H2,(H,16,18)(H,17,19). The monoisotopic (exact) mass is 269 g/mol. The lowest BCUT2D eigenvalue weighted by Gasteiger charge is -2.07. The average molecular weight is 269 g/mol. The minimum Gasteiger partial charge on any atom is -0.459 e. The van der Waals surface area contributed by atoms with Gasteiger partial charge in [0, 0.05) is 11.4 Å². The Bertz CT molecular complexity index is 657. The van der Waals surface area contributed by atoms with E-state index < -0.39 is 5.91 Å². The second-order valence-electron chi connectivity index (χ2n) is 3.90. The van der Waals surface area contributed by atoms with Gasteiger partial charge in [0.05, 0.1) is 12.3 Å². The summed E-state index contributed by atoms with van der Waals surface area (Å²) in [6, 6.07) is 11.5. The molecule has 1 aromatic heterocycles. The molecule has 2 aromatic rings. The fourth-order valence-corrected chi connectivity index (χ4v) is 1.55. The highest BCUT2D eigenvalue weighted by Crippen LogP contribution is 2.16. The second kappa shape index (κ2) is 6.20. The van der Waals surface area contributed by atoms with Crippen LogP contribution < -0.4 is 10.6 Å². The summed E-state index contributed by atoms with van der Waals surface area (Å²) in [6.07, 6.45) is 1.19. The van der Waals surface area contributed by atoms with Crippen LogP contribution in [-0.2, 0) is 4.79 Å². The highest BCUT2D eigenvalue weighted by Gasteiger charge is 2.09. The molecule has 0 fully saturated rings. The number of nitrogens with one attached hydrogen (secondary N) is 2. The Balaban J connectivity index is 2.05. The number of benzene rings is 1. The Morgan fingerprint density at radius 1 is 1.15 bits per heavy atom. The van der Waals surface area contributed by atoms with Gasteiger partial charge in [-0.25, -0.2) is 0 Å². The third-order valence-corrected chi connectivity index (χ3v) is 2.39. The summed E-state index contributed by atoms with van der Waals surface area (Å²) in [4.78, 5) is 23.1. The number of hydrogen-bond donors (Lipinski definition) is 2. The van der Waals surface area contributed by atoms with Crippen molar-refractivity contribution in [1.82, 2.24) is 0 Å². The van der Waals surface area contributed by atoms with Crippen molar-refractivity contribution in [3.63, 3.8) is 0 Å². The minimum atomic E-state index is -0.401. The molecule has 20 heavy (non-hydrogen) atoms. The van der Waals surface area contributed by atoms with E-state index in [0.29, 0.717) is 11.4 Å². The summed E-state index contributed by atoms with van der Waals surface area (Å²) in [5, 5.41) is 13.6. The zero-order valence-corrected chi connectivity index (χ0v) is 10.4. The van der Waals surface area contributed by atoms with Crippen molar-refractivity contribution in [1.29, 1.82) is 5.26 Å². The number of carbonyl (C=O) groups excluding carboxylic acids is 2. The molecule has 6 heteroatoms. The van der Waals surface area contributed by atoms with Crippen molar-refractivity contribution in [2.45, 2.75) is 6.42 Å². The van der Waals surface area contributed by atoms with Crippen molar-refractivity contribution in [2.24, 2.45) is 0 Å². The molecule has 0 aliphatic rings. The summed E-state index contributed by atoms with van der Waals surface area (Å²) in [7, 11) is 0. The van der Waals surface area contributed by atoms with E-state index in [1.54, 1.807) is 42.5 Å². The molecule has 2 amide bonds. The first-order chi connectivity index (χ1) is 9.69. The van der Waals surface area contributed by atoms with E-state index in [9.17, 15) is 9.59 Å². The van der Waals surface area contributed by atoms with Gasteiger partial charge in [-0.3, -0.25) is 9.59 Å². The van der Waals surface area contributed by atoms with Crippen LogP contribution in [0.1, 0.15) is 17.0 Å². The van der Waals surface area contributed by atoms with Crippen LogP contribution in [0.25, 0.3) is 0 Å². The lowest BCUT2D eigenvalue weighted by molar-refractivity contribution is -0.115. The normalized spacial score (nSPS) is 9.55. The molecule has 2 N–H and O–H groups in total. The maximum Gasteiger partial charge on any atom is 0.291 e. The van der Waals surface area contributed by atoms with Gasteiger partial charge in [-0.05, 0) is 30.3 Å². The number of anilines is 2. The molecule has 0 saturated heterocycles. The van der Waals surface area contributed by atoms with Crippen LogP contribution in [0.5, 0.6) is 0 Å². The van der Waals surface area contributed by atoms with Gasteiger partial charge in [0.25, 0.3) is 5.91 Å². The van der Waals surface area contributed by atoms with Gasteiger partial charge in [-0.2, -0.15) is 5.26 Å². The average Bonchev–Trinajstić information content (AvgIpc) is 2.93. The fourth-order valence-electron chi connectivity index (χ4n) is 1.55. The quantitative estimate of drug-likeness (QED) is 0.890. The molecular weight excluding hydrogens is 258 g/mol. The SMILES string of the molecule is N#CCC(=O)Nc1cccc(NC(=O)c2ccco2)c1. The molecule has 6 nitrogen and oxygen atoms in total. The molecule has 0 spiro atoms. The summed E-state index contributed by atoms with van der Waals surface area (Å²) in [6.45, 7) is 0. The van der Waals surface area contributed by atoms with Gasteiger partial charge in [-0.1, -0.05) is 6.07 Å². The van der Waals surface area contributed by atoms with Crippen molar-refractivity contribution in [3.05, 3.63) is 48.4 Å². The maximum absolute atomic E-state index is 11.8. The number of carbonyl (C=O) groups is 2. The van der Waals surface area contributed by atoms with Gasteiger partial charge in [0.1, 0.15) is 6.42 Å². The molecule has 0 atom stereocenters. The summed E-state index contributed by atoms with van der Waals surface area (Å²) in [5.74, 6) is -0.582. The zero-order chi connectivity index (χ0) is 14.4. The molecule has 0 radical (unpaired) electrons. The van der Waals surface area contributed by atoms with Crippen LogP contribution in [-0.4, -0.2) is 11.8 Å². The summed E-state index contributed by atoms with van der Waals surface area (Å²) >= 11 is 0. The Morgan fingerprint density at radius 2 is 1.90 bits per heavy atom. The predicted molar refractivity (Wildman–Crippen MR) is 72.0 cm³/mol. The van der Waals surface area contributed by atoms with Gasteiger partial charge < -0.3 is 15.1 Å². The van der Waals surface area contributed by atoms with Crippen LogP contribution >= 0.6 is 0 Å². The Morgan fingerprint density at radius 3 is 2.55 bits per heavy atom. The number of amides is 2. The van der Waals surface area contributed by atoms with Crippen molar-refractivity contribution in [2.75, 3.05) is 10.6 Å². The Hall–Kier alpha value is -3.07. The van der Waals surface area contributed by atoms with Gasteiger partial charge in [-0.15, -0.1) is 0 Å². The lowest BCUT2D eigenvalue weighted by Crippen LogP contribution is -2.12. The van der Waals surface area contributed by atoms with E-state index >= 15 is 0 Å². The molecule has 2 rings (SSSR count). The first-order valence-corrected chi connectivity index (χ1v) is 5.81. The molecular formula is C14H11N3O3. The number of hydrogen-bond acceptors (Lipinski definition) is 4. The molecule has 1 heterocycles. The fraction of sp³-hybridized carbons (Fsp3) is 0.0714. The van der Waals surface area contributed by atoms with E-state index in [0.717, 1.165) is 0 Å². The summed E-state index contributed by atoms with van der Waals surface area (Å²) < 4.78 is 4.98. The summed E-state index contributed by atoms with van der Waals surface area (Å²) in [5.41, 5.74) is 1.02. The number of furan rings is 1. The molecule has 100 valence electrons. The van der Waals surface area contributed by atoms with E-state index in [1.807, 2.05) is 0 Å². The van der Waals surface area contributed by atoms with Crippen molar-refractivity contribution < 1.29 is 14.0 Å². The largest absolute Gasteiger partial charge is 0.459 e. The van der Waals surface area contributed by atoms with Crippen LogP contribution in [0.15, 0.2) is 47.1 Å². The number of nitriles is 1. The Labute approximate surface area is 115 Å². The topological polar surface area (TPSA) is 95.1 Å².